The maximum atomic E-state index is 14.5. The zero-order chi connectivity index (χ0) is 20.1. The molecular weight excluding hydrogens is 423 g/mol. The van der Waals surface area contributed by atoms with Crippen LogP contribution in [0.2, 0.25) is 0 Å². The summed E-state index contributed by atoms with van der Waals surface area (Å²) in [5.41, 5.74) is 1.15. The smallest absolute Gasteiger partial charge is 0.340 e. The summed E-state index contributed by atoms with van der Waals surface area (Å²) in [5, 5.41) is 1.96. The average Bonchev–Trinajstić information content (AvgIpc) is 2.72. The summed E-state index contributed by atoms with van der Waals surface area (Å²) in [5.74, 6) is -1.94. The molecule has 0 fully saturated rings. The number of hydrogen-bond donors (Lipinski definition) is 0. The van der Waals surface area contributed by atoms with Gasteiger partial charge in [-0.2, -0.15) is 0 Å². The molecule has 0 spiro atoms. The van der Waals surface area contributed by atoms with E-state index in [0.29, 0.717) is 11.1 Å². The number of halogens is 2. The van der Waals surface area contributed by atoms with Gasteiger partial charge in [0.2, 0.25) is 0 Å². The van der Waals surface area contributed by atoms with Crippen molar-refractivity contribution in [1.82, 2.24) is 0 Å². The Morgan fingerprint density at radius 3 is 2.36 bits per heavy atom. The van der Waals surface area contributed by atoms with Crippen molar-refractivity contribution in [3.63, 3.8) is 0 Å². The van der Waals surface area contributed by atoms with Crippen LogP contribution in [0.4, 0.5) is 4.39 Å². The van der Waals surface area contributed by atoms with Gasteiger partial charge >= 0.3 is 5.97 Å². The van der Waals surface area contributed by atoms with Gasteiger partial charge in [0.05, 0.1) is 12.5 Å². The number of ketones is 1. The first-order valence-electron chi connectivity index (χ1n) is 9.08. The van der Waals surface area contributed by atoms with Crippen molar-refractivity contribution in [3.05, 3.63) is 82.3 Å². The highest BCUT2D eigenvalue weighted by Gasteiger charge is 2.30. The van der Waals surface area contributed by atoms with Gasteiger partial charge in [0.1, 0.15) is 0 Å². The van der Waals surface area contributed by atoms with Crippen molar-refractivity contribution in [2.45, 2.75) is 25.4 Å². The van der Waals surface area contributed by atoms with Crippen LogP contribution in [-0.2, 0) is 9.53 Å². The van der Waals surface area contributed by atoms with Crippen LogP contribution in [0.5, 0.6) is 0 Å². The molecular formula is C23H20BrFO3. The predicted molar refractivity (Wildman–Crippen MR) is 111 cm³/mol. The van der Waals surface area contributed by atoms with E-state index in [9.17, 15) is 14.0 Å². The molecule has 0 heterocycles. The van der Waals surface area contributed by atoms with Gasteiger partial charge in [-0.3, -0.25) is 4.79 Å². The minimum atomic E-state index is -1.86. The molecule has 3 nitrogen and oxygen atoms in total. The topological polar surface area (TPSA) is 43.4 Å². The molecule has 144 valence electrons. The van der Waals surface area contributed by atoms with Crippen LogP contribution in [0.1, 0.15) is 35.2 Å². The van der Waals surface area contributed by atoms with Crippen molar-refractivity contribution >= 4 is 38.5 Å². The number of alkyl halides is 1. The number of ether oxygens (including phenoxy) is 1. The van der Waals surface area contributed by atoms with E-state index >= 15 is 0 Å². The molecule has 3 aromatic rings. The van der Waals surface area contributed by atoms with Gasteiger partial charge in [-0.05, 0) is 41.5 Å². The van der Waals surface area contributed by atoms with Gasteiger partial charge in [0.25, 0.3) is 0 Å². The monoisotopic (exact) mass is 442 g/mol. The third-order valence-corrected chi connectivity index (χ3v) is 5.14. The van der Waals surface area contributed by atoms with Gasteiger partial charge in [0.15, 0.2) is 12.0 Å². The molecule has 3 rings (SSSR count). The lowest BCUT2D eigenvalue weighted by Gasteiger charge is -2.19. The standard InChI is InChI=1S/C23H20BrFO3/c1-2-28-23(27)21(25)14-20(16-9-11-19(24)12-10-16)22(26)18-8-7-15-5-3-4-6-17(15)13-18/h3-13,20-21H,2,14H2,1H3. The van der Waals surface area contributed by atoms with Crippen molar-refractivity contribution in [3.8, 4) is 0 Å². The summed E-state index contributed by atoms with van der Waals surface area (Å²) in [6, 6.07) is 20.3. The molecule has 28 heavy (non-hydrogen) atoms. The van der Waals surface area contributed by atoms with Gasteiger partial charge < -0.3 is 4.74 Å². The van der Waals surface area contributed by atoms with Crippen LogP contribution >= 0.6 is 15.9 Å². The second kappa shape index (κ2) is 9.11. The molecule has 2 unspecified atom stereocenters. The number of carbonyl (C=O) groups excluding carboxylic acids is 2. The Morgan fingerprint density at radius 2 is 1.68 bits per heavy atom. The van der Waals surface area contributed by atoms with E-state index in [1.165, 1.54) is 0 Å². The maximum Gasteiger partial charge on any atom is 0.340 e. The van der Waals surface area contributed by atoms with E-state index in [1.807, 2.05) is 30.3 Å². The molecule has 0 aliphatic rings. The van der Waals surface area contributed by atoms with Crippen LogP contribution in [0.25, 0.3) is 10.8 Å². The molecule has 5 heteroatoms. The highest BCUT2D eigenvalue weighted by atomic mass is 79.9. The van der Waals surface area contributed by atoms with Crippen molar-refractivity contribution in [2.75, 3.05) is 6.61 Å². The van der Waals surface area contributed by atoms with Gasteiger partial charge in [0, 0.05) is 16.5 Å². The summed E-state index contributed by atoms with van der Waals surface area (Å²) in [4.78, 5) is 25.0. The maximum absolute atomic E-state index is 14.5. The Bertz CT molecular complexity index is 985. The number of Topliss-reactive ketones (excluding diaryl/α,β-unsaturated/α-hetero) is 1. The second-order valence-corrected chi connectivity index (χ2v) is 7.40. The molecule has 2 atom stereocenters. The quantitative estimate of drug-likeness (QED) is 0.339. The Labute approximate surface area is 171 Å². The fourth-order valence-electron chi connectivity index (χ4n) is 3.17. The largest absolute Gasteiger partial charge is 0.464 e. The van der Waals surface area contributed by atoms with Gasteiger partial charge in [-0.15, -0.1) is 0 Å². The Balaban J connectivity index is 1.95. The van der Waals surface area contributed by atoms with Crippen LogP contribution in [0, 0.1) is 0 Å². The summed E-state index contributed by atoms with van der Waals surface area (Å²) < 4.78 is 20.1. The van der Waals surface area contributed by atoms with Gasteiger partial charge in [-0.1, -0.05) is 64.5 Å². The Hall–Kier alpha value is -2.53. The SMILES string of the molecule is CCOC(=O)C(F)CC(C(=O)c1ccc2ccccc2c1)c1ccc(Br)cc1. The number of rotatable bonds is 7. The zero-order valence-electron chi connectivity index (χ0n) is 15.4. The van der Waals surface area contributed by atoms with Crippen molar-refractivity contribution in [2.24, 2.45) is 0 Å². The van der Waals surface area contributed by atoms with E-state index in [2.05, 4.69) is 15.9 Å². The highest BCUT2D eigenvalue weighted by Crippen LogP contribution is 2.29. The normalized spacial score (nSPS) is 13.1. The summed E-state index contributed by atoms with van der Waals surface area (Å²) in [6.07, 6.45) is -2.12. The lowest BCUT2D eigenvalue weighted by molar-refractivity contribution is -0.149. The van der Waals surface area contributed by atoms with Crippen molar-refractivity contribution in [1.29, 1.82) is 0 Å². The van der Waals surface area contributed by atoms with Crippen LogP contribution in [-0.4, -0.2) is 24.5 Å². The second-order valence-electron chi connectivity index (χ2n) is 6.49. The van der Waals surface area contributed by atoms with Gasteiger partial charge in [-0.25, -0.2) is 9.18 Å². The number of benzene rings is 3. The third kappa shape index (κ3) is 4.65. The molecule has 0 amide bonds. The molecule has 0 aromatic heterocycles. The molecule has 0 aliphatic heterocycles. The number of fused-ring (bicyclic) bond motifs is 1. The number of carbonyl (C=O) groups is 2. The summed E-state index contributed by atoms with van der Waals surface area (Å²) >= 11 is 3.37. The Morgan fingerprint density at radius 1 is 1.00 bits per heavy atom. The number of hydrogen-bond acceptors (Lipinski definition) is 3. The average molecular weight is 443 g/mol. The highest BCUT2D eigenvalue weighted by molar-refractivity contribution is 9.10. The molecule has 3 aromatic carbocycles. The fraction of sp³-hybridized carbons (Fsp3) is 0.217. The van der Waals surface area contributed by atoms with E-state index in [0.717, 1.165) is 15.2 Å². The first-order chi connectivity index (χ1) is 13.5. The predicted octanol–water partition coefficient (Wildman–Crippen LogP) is 5.86. The van der Waals surface area contributed by atoms with Crippen LogP contribution in [0.15, 0.2) is 71.2 Å². The molecule has 0 aliphatic carbocycles. The number of esters is 1. The van der Waals surface area contributed by atoms with Crippen LogP contribution < -0.4 is 0 Å². The minimum absolute atomic E-state index is 0.0980. The summed E-state index contributed by atoms with van der Waals surface area (Å²) in [7, 11) is 0. The summed E-state index contributed by atoms with van der Waals surface area (Å²) in [6.45, 7) is 1.72. The molecule has 0 bridgehead atoms. The lowest BCUT2D eigenvalue weighted by Crippen LogP contribution is -2.25. The molecule has 0 saturated heterocycles. The zero-order valence-corrected chi connectivity index (χ0v) is 17.0. The first kappa shape index (κ1) is 20.2. The van der Waals surface area contributed by atoms with E-state index in [-0.39, 0.29) is 18.8 Å². The first-order valence-corrected chi connectivity index (χ1v) is 9.88. The molecule has 0 radical (unpaired) electrons. The fourth-order valence-corrected chi connectivity index (χ4v) is 3.43. The van der Waals surface area contributed by atoms with Crippen LogP contribution in [0.3, 0.4) is 0 Å². The molecule has 0 N–H and O–H groups in total. The third-order valence-electron chi connectivity index (χ3n) is 4.61. The van der Waals surface area contributed by atoms with E-state index in [4.69, 9.17) is 4.74 Å². The minimum Gasteiger partial charge on any atom is -0.464 e. The van der Waals surface area contributed by atoms with E-state index < -0.39 is 18.1 Å². The lowest BCUT2D eigenvalue weighted by atomic mass is 9.86. The van der Waals surface area contributed by atoms with E-state index in [1.54, 1.807) is 43.3 Å². The Kier molecular flexibility index (Phi) is 6.57. The van der Waals surface area contributed by atoms with Crippen molar-refractivity contribution < 1.29 is 18.7 Å². The molecule has 0 saturated carbocycles.